The van der Waals surface area contributed by atoms with Gasteiger partial charge in [0.25, 0.3) is 11.2 Å². The Morgan fingerprint density at radius 3 is 2.53 bits per heavy atom. The molecule has 1 N–H and O–H groups in total. The van der Waals surface area contributed by atoms with Crippen LogP contribution in [0.5, 0.6) is 5.75 Å². The molecule has 0 radical (unpaired) electrons. The van der Waals surface area contributed by atoms with Crippen LogP contribution in [-0.4, -0.2) is 33.5 Å². The first kappa shape index (κ1) is 22.4. The van der Waals surface area contributed by atoms with E-state index in [1.165, 1.54) is 35.2 Å². The summed E-state index contributed by atoms with van der Waals surface area (Å²) in [5.74, 6) is 0.415. The monoisotopic (exact) mass is 434 g/mol. The zero-order valence-corrected chi connectivity index (χ0v) is 17.4. The van der Waals surface area contributed by atoms with E-state index < -0.39 is 4.92 Å². The van der Waals surface area contributed by atoms with Gasteiger partial charge in [-0.1, -0.05) is 0 Å². The molecule has 0 bridgehead atoms. The Bertz CT molecular complexity index is 1170. The highest BCUT2D eigenvalue weighted by Crippen LogP contribution is 2.19. The average Bonchev–Trinajstić information content (AvgIpc) is 2.80. The van der Waals surface area contributed by atoms with E-state index in [4.69, 9.17) is 4.74 Å². The molecule has 9 heteroatoms. The second-order valence-electron chi connectivity index (χ2n) is 6.74. The van der Waals surface area contributed by atoms with Crippen molar-refractivity contribution in [1.29, 1.82) is 0 Å². The topological polar surface area (TPSA) is 116 Å². The molecule has 1 aromatic heterocycles. The maximum Gasteiger partial charge on any atom is 0.269 e. The van der Waals surface area contributed by atoms with E-state index in [1.54, 1.807) is 18.2 Å². The molecule has 164 valence electrons. The highest BCUT2D eigenvalue weighted by molar-refractivity contribution is 5.91. The number of carbonyl (C=O) groups is 1. The third kappa shape index (κ3) is 6.11. The zero-order valence-electron chi connectivity index (χ0n) is 17.4. The van der Waals surface area contributed by atoms with Gasteiger partial charge in [0.05, 0.1) is 23.6 Å². The number of aromatic nitrogens is 2. The molecule has 0 unspecified atom stereocenters. The number of nitro benzene ring substituents is 1. The van der Waals surface area contributed by atoms with Crippen LogP contribution < -0.4 is 15.6 Å². The van der Waals surface area contributed by atoms with Crippen molar-refractivity contribution in [2.45, 2.75) is 13.5 Å². The third-order valence-corrected chi connectivity index (χ3v) is 4.52. The SMILES string of the molecule is CCOc1ccc(-c2cc(=O)n(CCNC(=O)/C=C/c3ccc([N+](=O)[O-])cc3)cn2)cc1. The van der Waals surface area contributed by atoms with E-state index in [1.807, 2.05) is 31.2 Å². The summed E-state index contributed by atoms with van der Waals surface area (Å²) < 4.78 is 6.82. The van der Waals surface area contributed by atoms with Crippen molar-refractivity contribution in [2.24, 2.45) is 0 Å². The number of benzene rings is 2. The second kappa shape index (κ2) is 10.7. The highest BCUT2D eigenvalue weighted by atomic mass is 16.6. The molecule has 9 nitrogen and oxygen atoms in total. The van der Waals surface area contributed by atoms with Crippen molar-refractivity contribution in [3.63, 3.8) is 0 Å². The number of rotatable bonds is 9. The van der Waals surface area contributed by atoms with Crippen molar-refractivity contribution in [2.75, 3.05) is 13.2 Å². The van der Waals surface area contributed by atoms with Crippen LogP contribution in [0.3, 0.4) is 0 Å². The molecule has 0 aliphatic heterocycles. The molecule has 0 aliphatic rings. The summed E-state index contributed by atoms with van der Waals surface area (Å²) in [6.07, 6.45) is 4.34. The Labute approximate surface area is 184 Å². The van der Waals surface area contributed by atoms with Crippen LogP contribution in [0.1, 0.15) is 12.5 Å². The van der Waals surface area contributed by atoms with Gasteiger partial charge in [-0.25, -0.2) is 4.98 Å². The van der Waals surface area contributed by atoms with E-state index in [0.29, 0.717) is 17.9 Å². The van der Waals surface area contributed by atoms with Crippen LogP contribution in [0.2, 0.25) is 0 Å². The van der Waals surface area contributed by atoms with Crippen LogP contribution in [0.15, 0.2) is 71.8 Å². The predicted molar refractivity (Wildman–Crippen MR) is 120 cm³/mol. The van der Waals surface area contributed by atoms with Gasteiger partial charge in [0, 0.05) is 42.9 Å². The summed E-state index contributed by atoms with van der Waals surface area (Å²) in [7, 11) is 0. The summed E-state index contributed by atoms with van der Waals surface area (Å²) in [5.41, 5.74) is 1.79. The Morgan fingerprint density at radius 2 is 1.91 bits per heavy atom. The maximum atomic E-state index is 12.4. The summed E-state index contributed by atoms with van der Waals surface area (Å²) in [4.78, 5) is 38.8. The molecule has 0 aliphatic carbocycles. The molecule has 3 aromatic rings. The standard InChI is InChI=1S/C23H22N4O5/c1-2-32-20-10-6-18(7-11-20)21-15-23(29)26(16-25-21)14-13-24-22(28)12-5-17-3-8-19(9-4-17)27(30)31/h3-12,15-16H,2,13-14H2,1H3,(H,24,28)/b12-5+. The molecule has 0 saturated carbocycles. The van der Waals surface area contributed by atoms with E-state index in [9.17, 15) is 19.7 Å². The first-order valence-electron chi connectivity index (χ1n) is 9.96. The number of nitrogens with zero attached hydrogens (tertiary/aromatic N) is 3. The first-order valence-corrected chi connectivity index (χ1v) is 9.96. The van der Waals surface area contributed by atoms with Crippen LogP contribution in [0.4, 0.5) is 5.69 Å². The fourth-order valence-corrected chi connectivity index (χ4v) is 2.88. The molecule has 0 atom stereocenters. The molecule has 2 aromatic carbocycles. The van der Waals surface area contributed by atoms with Gasteiger partial charge < -0.3 is 10.1 Å². The van der Waals surface area contributed by atoms with Crippen LogP contribution in [-0.2, 0) is 11.3 Å². The van der Waals surface area contributed by atoms with Crippen LogP contribution in [0, 0.1) is 10.1 Å². The van der Waals surface area contributed by atoms with Gasteiger partial charge in [-0.05, 0) is 55.0 Å². The maximum absolute atomic E-state index is 12.4. The Kier molecular flexibility index (Phi) is 7.47. The summed E-state index contributed by atoms with van der Waals surface area (Å²) in [6, 6.07) is 14.6. The molecule has 0 fully saturated rings. The quantitative estimate of drug-likeness (QED) is 0.314. The number of non-ortho nitro benzene ring substituents is 1. The van der Waals surface area contributed by atoms with Crippen LogP contribution in [0.25, 0.3) is 17.3 Å². The molecular weight excluding hydrogens is 412 g/mol. The number of nitro groups is 1. The highest BCUT2D eigenvalue weighted by Gasteiger charge is 2.05. The normalized spacial score (nSPS) is 10.8. The van der Waals surface area contributed by atoms with E-state index in [-0.39, 0.29) is 30.2 Å². The van der Waals surface area contributed by atoms with E-state index in [2.05, 4.69) is 10.3 Å². The summed E-state index contributed by atoms with van der Waals surface area (Å²) in [5, 5.41) is 13.3. The van der Waals surface area contributed by atoms with E-state index >= 15 is 0 Å². The largest absolute Gasteiger partial charge is 0.494 e. The minimum Gasteiger partial charge on any atom is -0.494 e. The van der Waals surface area contributed by atoms with Gasteiger partial charge in [-0.15, -0.1) is 0 Å². The van der Waals surface area contributed by atoms with Crippen molar-refractivity contribution in [1.82, 2.24) is 14.9 Å². The molecule has 1 heterocycles. The molecule has 0 saturated heterocycles. The van der Waals surface area contributed by atoms with Crippen molar-refractivity contribution < 1.29 is 14.5 Å². The van der Waals surface area contributed by atoms with E-state index in [0.717, 1.165) is 11.3 Å². The number of hydrogen-bond donors (Lipinski definition) is 1. The van der Waals surface area contributed by atoms with Gasteiger partial charge in [-0.3, -0.25) is 24.3 Å². The van der Waals surface area contributed by atoms with Gasteiger partial charge >= 0.3 is 0 Å². The zero-order chi connectivity index (χ0) is 22.9. The fourth-order valence-electron chi connectivity index (χ4n) is 2.88. The van der Waals surface area contributed by atoms with Gasteiger partial charge in [0.2, 0.25) is 5.91 Å². The fraction of sp³-hybridized carbons (Fsp3) is 0.174. The van der Waals surface area contributed by atoms with Crippen molar-refractivity contribution >= 4 is 17.7 Å². The number of carbonyl (C=O) groups excluding carboxylic acids is 1. The Morgan fingerprint density at radius 1 is 1.19 bits per heavy atom. The number of amides is 1. The lowest BCUT2D eigenvalue weighted by atomic mass is 10.1. The average molecular weight is 434 g/mol. The van der Waals surface area contributed by atoms with Gasteiger partial charge in [0.15, 0.2) is 0 Å². The molecule has 32 heavy (non-hydrogen) atoms. The minimum absolute atomic E-state index is 0.0146. The molecule has 0 spiro atoms. The summed E-state index contributed by atoms with van der Waals surface area (Å²) in [6.45, 7) is 3.00. The number of ether oxygens (including phenoxy) is 1. The van der Waals surface area contributed by atoms with Gasteiger partial charge in [-0.2, -0.15) is 0 Å². The Hall–Kier alpha value is -4.27. The second-order valence-corrected chi connectivity index (χ2v) is 6.74. The molecule has 3 rings (SSSR count). The van der Waals surface area contributed by atoms with Crippen LogP contribution >= 0.6 is 0 Å². The molecule has 1 amide bonds. The first-order chi connectivity index (χ1) is 15.5. The van der Waals surface area contributed by atoms with Crippen molar-refractivity contribution in [3.8, 4) is 17.0 Å². The number of hydrogen-bond acceptors (Lipinski definition) is 6. The smallest absolute Gasteiger partial charge is 0.269 e. The lowest BCUT2D eigenvalue weighted by molar-refractivity contribution is -0.384. The third-order valence-electron chi connectivity index (χ3n) is 4.52. The Balaban J connectivity index is 1.52. The lowest BCUT2D eigenvalue weighted by Gasteiger charge is -2.08. The molecular formula is C23H22N4O5. The number of nitrogens with one attached hydrogen (secondary N) is 1. The predicted octanol–water partition coefficient (Wildman–Crippen LogP) is 3.05. The minimum atomic E-state index is -0.484. The summed E-state index contributed by atoms with van der Waals surface area (Å²) >= 11 is 0. The van der Waals surface area contributed by atoms with Gasteiger partial charge in [0.1, 0.15) is 5.75 Å². The van der Waals surface area contributed by atoms with Crippen molar-refractivity contribution in [3.05, 3.63) is 93.0 Å². The lowest BCUT2D eigenvalue weighted by Crippen LogP contribution is -2.29.